The largest absolute Gasteiger partial charge is 0.399 e. The lowest BCUT2D eigenvalue weighted by molar-refractivity contribution is -0.141. The monoisotopic (exact) mass is 232 g/mol. The van der Waals surface area contributed by atoms with Crippen molar-refractivity contribution in [1.29, 1.82) is 0 Å². The van der Waals surface area contributed by atoms with Crippen LogP contribution in [0.3, 0.4) is 0 Å². The molecule has 90 valence electrons. The van der Waals surface area contributed by atoms with E-state index in [0.717, 1.165) is 5.56 Å². The molecule has 2 atom stereocenters. The van der Waals surface area contributed by atoms with Gasteiger partial charge in [0.25, 0.3) is 0 Å². The molecule has 4 heteroatoms. The second kappa shape index (κ2) is 4.20. The molecule has 2 amide bonds. The van der Waals surface area contributed by atoms with Gasteiger partial charge in [-0.05, 0) is 24.6 Å². The van der Waals surface area contributed by atoms with Gasteiger partial charge in [0, 0.05) is 18.0 Å². The fourth-order valence-corrected chi connectivity index (χ4v) is 2.14. The van der Waals surface area contributed by atoms with Crippen molar-refractivity contribution in [2.75, 3.05) is 5.73 Å². The molecule has 1 heterocycles. The van der Waals surface area contributed by atoms with Crippen LogP contribution in [0.1, 0.15) is 31.9 Å². The smallest absolute Gasteiger partial charge is 0.233 e. The number of imide groups is 1. The Balaban J connectivity index is 2.25. The van der Waals surface area contributed by atoms with Gasteiger partial charge in [0.15, 0.2) is 0 Å². The van der Waals surface area contributed by atoms with Crippen LogP contribution in [0.15, 0.2) is 24.3 Å². The Kier molecular flexibility index (Phi) is 2.88. The number of nitrogens with two attached hydrogens (primary N) is 1. The number of anilines is 1. The molecule has 1 fully saturated rings. The molecule has 2 N–H and O–H groups in total. The third kappa shape index (κ3) is 2.02. The number of carbonyl (C=O) groups is 2. The van der Waals surface area contributed by atoms with Gasteiger partial charge in [-0.3, -0.25) is 14.5 Å². The molecule has 4 nitrogen and oxygen atoms in total. The van der Waals surface area contributed by atoms with E-state index in [1.165, 1.54) is 4.90 Å². The highest BCUT2D eigenvalue weighted by Crippen LogP contribution is 2.29. The van der Waals surface area contributed by atoms with E-state index in [2.05, 4.69) is 0 Å². The molecule has 2 rings (SSSR count). The number of carbonyl (C=O) groups excluding carboxylic acids is 2. The molecule has 1 aromatic carbocycles. The van der Waals surface area contributed by atoms with Crippen LogP contribution in [0.25, 0.3) is 0 Å². The minimum atomic E-state index is -0.222. The summed E-state index contributed by atoms with van der Waals surface area (Å²) in [6, 6.07) is 7.04. The number of rotatable bonds is 2. The number of benzene rings is 1. The maximum atomic E-state index is 11.9. The summed E-state index contributed by atoms with van der Waals surface area (Å²) in [6.45, 7) is 3.65. The van der Waals surface area contributed by atoms with E-state index >= 15 is 0 Å². The second-order valence-electron chi connectivity index (χ2n) is 4.55. The first-order valence-electron chi connectivity index (χ1n) is 5.72. The average molecular weight is 232 g/mol. The molecule has 1 aliphatic rings. The molecule has 0 aromatic heterocycles. The minimum absolute atomic E-state index is 0.0840. The fraction of sp³-hybridized carbons (Fsp3) is 0.385. The average Bonchev–Trinajstić information content (AvgIpc) is 2.53. The van der Waals surface area contributed by atoms with Gasteiger partial charge in [0.05, 0.1) is 6.04 Å². The maximum Gasteiger partial charge on any atom is 0.233 e. The number of nitrogens with zero attached hydrogens (tertiary/aromatic N) is 1. The number of nitrogen functional groups attached to an aromatic ring is 1. The van der Waals surface area contributed by atoms with Crippen LogP contribution in [-0.4, -0.2) is 16.7 Å². The molecule has 2 unspecified atom stereocenters. The van der Waals surface area contributed by atoms with Crippen LogP contribution in [0.4, 0.5) is 5.69 Å². The lowest BCUT2D eigenvalue weighted by atomic mass is 10.1. The standard InChI is InChI=1S/C13H16N2O2/c1-8-7-12(16)15(13(8)17)9(2)10-3-5-11(14)6-4-10/h3-6,8-9H,7,14H2,1-2H3. The second-order valence-corrected chi connectivity index (χ2v) is 4.55. The van der Waals surface area contributed by atoms with Crippen molar-refractivity contribution in [2.24, 2.45) is 5.92 Å². The summed E-state index contributed by atoms with van der Waals surface area (Å²) in [7, 11) is 0. The number of hydrogen-bond donors (Lipinski definition) is 1. The van der Waals surface area contributed by atoms with Crippen molar-refractivity contribution in [3.63, 3.8) is 0 Å². The SMILES string of the molecule is CC1CC(=O)N(C(C)c2ccc(N)cc2)C1=O. The normalized spacial score (nSPS) is 22.0. The molecular formula is C13H16N2O2. The predicted octanol–water partition coefficient (Wildman–Crippen LogP) is 1.72. The molecule has 0 radical (unpaired) electrons. The zero-order valence-electron chi connectivity index (χ0n) is 10.0. The van der Waals surface area contributed by atoms with Crippen LogP contribution in [0.5, 0.6) is 0 Å². The minimum Gasteiger partial charge on any atom is -0.399 e. The van der Waals surface area contributed by atoms with Crippen LogP contribution in [-0.2, 0) is 9.59 Å². The molecule has 1 aliphatic heterocycles. The summed E-state index contributed by atoms with van der Waals surface area (Å²) in [6.07, 6.45) is 0.318. The van der Waals surface area contributed by atoms with E-state index in [-0.39, 0.29) is 23.8 Å². The van der Waals surface area contributed by atoms with Gasteiger partial charge in [-0.2, -0.15) is 0 Å². The summed E-state index contributed by atoms with van der Waals surface area (Å²) in [5.74, 6) is -0.370. The van der Waals surface area contributed by atoms with Gasteiger partial charge in [-0.1, -0.05) is 19.1 Å². The van der Waals surface area contributed by atoms with E-state index < -0.39 is 0 Å². The van der Waals surface area contributed by atoms with Gasteiger partial charge < -0.3 is 5.73 Å². The van der Waals surface area contributed by atoms with Crippen molar-refractivity contribution in [3.05, 3.63) is 29.8 Å². The highest BCUT2D eigenvalue weighted by molar-refractivity contribution is 6.03. The van der Waals surface area contributed by atoms with Crippen molar-refractivity contribution in [1.82, 2.24) is 4.90 Å². The van der Waals surface area contributed by atoms with Crippen molar-refractivity contribution >= 4 is 17.5 Å². The first-order chi connectivity index (χ1) is 8.00. The topological polar surface area (TPSA) is 63.4 Å². The molecular weight excluding hydrogens is 216 g/mol. The van der Waals surface area contributed by atoms with E-state index in [1.54, 1.807) is 19.1 Å². The van der Waals surface area contributed by atoms with Crippen LogP contribution in [0, 0.1) is 5.92 Å². The summed E-state index contributed by atoms with van der Waals surface area (Å²) in [5, 5.41) is 0. The quantitative estimate of drug-likeness (QED) is 0.623. The zero-order chi connectivity index (χ0) is 12.6. The first-order valence-corrected chi connectivity index (χ1v) is 5.72. The maximum absolute atomic E-state index is 11.9. The van der Waals surface area contributed by atoms with Crippen LogP contribution >= 0.6 is 0 Å². The Bertz CT molecular complexity index is 453. The summed E-state index contributed by atoms with van der Waals surface area (Å²) < 4.78 is 0. The summed E-state index contributed by atoms with van der Waals surface area (Å²) in [4.78, 5) is 25.0. The van der Waals surface area contributed by atoms with Gasteiger partial charge in [0.2, 0.25) is 11.8 Å². The van der Waals surface area contributed by atoms with Gasteiger partial charge in [-0.25, -0.2) is 0 Å². The molecule has 1 aromatic rings. The Morgan fingerprint density at radius 2 is 1.88 bits per heavy atom. The zero-order valence-corrected chi connectivity index (χ0v) is 10.0. The van der Waals surface area contributed by atoms with Crippen molar-refractivity contribution in [2.45, 2.75) is 26.3 Å². The van der Waals surface area contributed by atoms with E-state index in [1.807, 2.05) is 19.1 Å². The molecule has 17 heavy (non-hydrogen) atoms. The number of likely N-dealkylation sites (tertiary alicyclic amines) is 1. The van der Waals surface area contributed by atoms with Crippen LogP contribution < -0.4 is 5.73 Å². The lowest BCUT2D eigenvalue weighted by Gasteiger charge is -2.23. The third-order valence-corrected chi connectivity index (χ3v) is 3.21. The highest BCUT2D eigenvalue weighted by atomic mass is 16.2. The predicted molar refractivity (Wildman–Crippen MR) is 64.9 cm³/mol. The lowest BCUT2D eigenvalue weighted by Crippen LogP contribution is -2.33. The Labute approximate surface area is 100 Å². The Hall–Kier alpha value is -1.84. The third-order valence-electron chi connectivity index (χ3n) is 3.21. The first kappa shape index (κ1) is 11.6. The van der Waals surface area contributed by atoms with Gasteiger partial charge in [-0.15, -0.1) is 0 Å². The number of hydrogen-bond acceptors (Lipinski definition) is 3. The number of amides is 2. The van der Waals surface area contributed by atoms with E-state index in [0.29, 0.717) is 12.1 Å². The fourth-order valence-electron chi connectivity index (χ4n) is 2.14. The van der Waals surface area contributed by atoms with Crippen molar-refractivity contribution in [3.8, 4) is 0 Å². The van der Waals surface area contributed by atoms with Gasteiger partial charge >= 0.3 is 0 Å². The van der Waals surface area contributed by atoms with Crippen LogP contribution in [0.2, 0.25) is 0 Å². The van der Waals surface area contributed by atoms with E-state index in [9.17, 15) is 9.59 Å². The summed E-state index contributed by atoms with van der Waals surface area (Å²) >= 11 is 0. The molecule has 0 saturated carbocycles. The van der Waals surface area contributed by atoms with Gasteiger partial charge in [0.1, 0.15) is 0 Å². The van der Waals surface area contributed by atoms with E-state index in [4.69, 9.17) is 5.73 Å². The van der Waals surface area contributed by atoms with Crippen molar-refractivity contribution < 1.29 is 9.59 Å². The molecule has 0 spiro atoms. The molecule has 0 aliphatic carbocycles. The summed E-state index contributed by atoms with van der Waals surface area (Å²) in [5.41, 5.74) is 7.21. The Morgan fingerprint density at radius 3 is 2.35 bits per heavy atom. The Morgan fingerprint density at radius 1 is 1.29 bits per heavy atom. The highest BCUT2D eigenvalue weighted by Gasteiger charge is 2.38. The molecule has 1 saturated heterocycles. The molecule has 0 bridgehead atoms.